The topological polar surface area (TPSA) is 29.1 Å². The van der Waals surface area contributed by atoms with Crippen molar-refractivity contribution in [1.29, 1.82) is 0 Å². The molecule has 126 valence electrons. The van der Waals surface area contributed by atoms with Crippen molar-refractivity contribution in [3.63, 3.8) is 0 Å². The van der Waals surface area contributed by atoms with Gasteiger partial charge in [0.05, 0.1) is 16.6 Å². The van der Waals surface area contributed by atoms with Crippen LogP contribution in [0.2, 0.25) is 5.02 Å². The van der Waals surface area contributed by atoms with Gasteiger partial charge in [0.1, 0.15) is 5.82 Å². The number of nitrogens with one attached hydrogen (secondary N) is 1. The van der Waals surface area contributed by atoms with Gasteiger partial charge in [-0.15, -0.1) is 0 Å². The van der Waals surface area contributed by atoms with Crippen LogP contribution in [0.15, 0.2) is 72.8 Å². The summed E-state index contributed by atoms with van der Waals surface area (Å²) in [4.78, 5) is 12.4. The Hall–Kier alpha value is -2.65. The number of hydrogen-bond donors (Lipinski definition) is 1. The van der Waals surface area contributed by atoms with E-state index in [2.05, 4.69) is 5.32 Å². The number of carbonyl (C=O) groups is 1. The average molecular weight is 354 g/mol. The highest BCUT2D eigenvalue weighted by Gasteiger charge is 2.18. The second kappa shape index (κ2) is 7.49. The lowest BCUT2D eigenvalue weighted by Gasteiger charge is -2.14. The molecule has 0 bridgehead atoms. The van der Waals surface area contributed by atoms with Gasteiger partial charge in [-0.1, -0.05) is 66.2 Å². The number of rotatable bonds is 4. The Morgan fingerprint density at radius 2 is 1.68 bits per heavy atom. The van der Waals surface area contributed by atoms with Gasteiger partial charge >= 0.3 is 0 Å². The molecule has 0 aliphatic carbocycles. The number of hydrogen-bond acceptors (Lipinski definition) is 1. The van der Waals surface area contributed by atoms with Gasteiger partial charge < -0.3 is 5.32 Å². The minimum Gasteiger partial charge on any atom is -0.324 e. The zero-order valence-corrected chi connectivity index (χ0v) is 14.4. The van der Waals surface area contributed by atoms with Gasteiger partial charge in [-0.3, -0.25) is 4.79 Å². The standard InChI is InChI=1S/C21H17ClFNO/c1-14(21(25)24-20-10-6-5-9-18(20)22)16-11-12-17(19(23)13-16)15-7-3-2-4-8-15/h2-14H,1H3,(H,24,25). The van der Waals surface area contributed by atoms with Crippen molar-refractivity contribution in [3.8, 4) is 11.1 Å². The molecule has 0 saturated heterocycles. The van der Waals surface area contributed by atoms with Crippen LogP contribution >= 0.6 is 11.6 Å². The lowest BCUT2D eigenvalue weighted by Crippen LogP contribution is -2.19. The van der Waals surface area contributed by atoms with Crippen LogP contribution in [0.25, 0.3) is 11.1 Å². The lowest BCUT2D eigenvalue weighted by molar-refractivity contribution is -0.117. The quantitative estimate of drug-likeness (QED) is 0.622. The van der Waals surface area contributed by atoms with E-state index in [1.807, 2.05) is 30.3 Å². The summed E-state index contributed by atoms with van der Waals surface area (Å²) >= 11 is 6.06. The Labute approximate surface area is 151 Å². The van der Waals surface area contributed by atoms with E-state index in [0.717, 1.165) is 5.56 Å². The molecule has 0 aromatic heterocycles. The van der Waals surface area contributed by atoms with Gasteiger partial charge in [0.15, 0.2) is 0 Å². The summed E-state index contributed by atoms with van der Waals surface area (Å²) in [6, 6.07) is 21.2. The van der Waals surface area contributed by atoms with Gasteiger partial charge in [-0.2, -0.15) is 0 Å². The molecule has 1 atom stereocenters. The molecule has 4 heteroatoms. The third kappa shape index (κ3) is 3.89. The van der Waals surface area contributed by atoms with E-state index in [0.29, 0.717) is 21.8 Å². The van der Waals surface area contributed by atoms with Crippen molar-refractivity contribution >= 4 is 23.2 Å². The molecule has 1 N–H and O–H groups in total. The van der Waals surface area contributed by atoms with Gasteiger partial charge in [0, 0.05) is 5.56 Å². The highest BCUT2D eigenvalue weighted by Crippen LogP contribution is 2.28. The Kier molecular flexibility index (Phi) is 5.15. The monoisotopic (exact) mass is 353 g/mol. The van der Waals surface area contributed by atoms with E-state index < -0.39 is 5.92 Å². The van der Waals surface area contributed by atoms with Crippen molar-refractivity contribution in [2.75, 3.05) is 5.32 Å². The normalized spacial score (nSPS) is 11.8. The van der Waals surface area contributed by atoms with E-state index in [4.69, 9.17) is 11.6 Å². The van der Waals surface area contributed by atoms with Crippen molar-refractivity contribution in [1.82, 2.24) is 0 Å². The van der Waals surface area contributed by atoms with Crippen LogP contribution in [0.5, 0.6) is 0 Å². The largest absolute Gasteiger partial charge is 0.324 e. The molecule has 0 aliphatic rings. The zero-order chi connectivity index (χ0) is 17.8. The fourth-order valence-electron chi connectivity index (χ4n) is 2.61. The Balaban J connectivity index is 1.81. The van der Waals surface area contributed by atoms with Crippen molar-refractivity contribution < 1.29 is 9.18 Å². The molecule has 25 heavy (non-hydrogen) atoms. The predicted molar refractivity (Wildman–Crippen MR) is 100 cm³/mol. The minimum atomic E-state index is -0.504. The third-order valence-electron chi connectivity index (χ3n) is 4.10. The molecule has 3 rings (SSSR count). The van der Waals surface area contributed by atoms with E-state index >= 15 is 0 Å². The summed E-state index contributed by atoms with van der Waals surface area (Å²) in [5.41, 5.74) is 2.48. The molecular weight excluding hydrogens is 337 g/mol. The summed E-state index contributed by atoms with van der Waals surface area (Å²) < 4.78 is 14.5. The second-order valence-corrected chi connectivity index (χ2v) is 6.20. The van der Waals surface area contributed by atoms with Crippen LogP contribution in [0.1, 0.15) is 18.4 Å². The maximum atomic E-state index is 14.5. The fraction of sp³-hybridized carbons (Fsp3) is 0.0952. The zero-order valence-electron chi connectivity index (χ0n) is 13.7. The molecule has 2 nitrogen and oxygen atoms in total. The van der Waals surface area contributed by atoms with Crippen molar-refractivity contribution in [2.24, 2.45) is 0 Å². The Morgan fingerprint density at radius 1 is 1.00 bits per heavy atom. The number of carbonyl (C=O) groups excluding carboxylic acids is 1. The van der Waals surface area contributed by atoms with Crippen LogP contribution in [0, 0.1) is 5.82 Å². The molecular formula is C21H17ClFNO. The summed E-state index contributed by atoms with van der Waals surface area (Å²) in [6.45, 7) is 1.74. The summed E-state index contributed by atoms with van der Waals surface area (Å²) in [6.07, 6.45) is 0. The molecule has 0 spiro atoms. The van der Waals surface area contributed by atoms with Crippen LogP contribution in [0.4, 0.5) is 10.1 Å². The molecule has 1 amide bonds. The first kappa shape index (κ1) is 17.2. The maximum Gasteiger partial charge on any atom is 0.231 e. The first-order valence-electron chi connectivity index (χ1n) is 7.96. The van der Waals surface area contributed by atoms with Gasteiger partial charge in [-0.05, 0) is 36.2 Å². The number of anilines is 1. The van der Waals surface area contributed by atoms with E-state index in [9.17, 15) is 9.18 Å². The first-order chi connectivity index (χ1) is 12.1. The summed E-state index contributed by atoms with van der Waals surface area (Å²) in [5, 5.41) is 3.25. The number of para-hydroxylation sites is 1. The van der Waals surface area contributed by atoms with Gasteiger partial charge in [0.2, 0.25) is 5.91 Å². The molecule has 0 radical (unpaired) electrons. The number of halogens is 2. The van der Waals surface area contributed by atoms with Gasteiger partial charge in [-0.25, -0.2) is 4.39 Å². The van der Waals surface area contributed by atoms with E-state index in [-0.39, 0.29) is 11.7 Å². The predicted octanol–water partition coefficient (Wildman–Crippen LogP) is 5.89. The molecule has 0 heterocycles. The molecule has 1 unspecified atom stereocenters. The molecule has 0 aliphatic heterocycles. The van der Waals surface area contributed by atoms with Crippen LogP contribution in [0.3, 0.4) is 0 Å². The van der Waals surface area contributed by atoms with Crippen LogP contribution < -0.4 is 5.32 Å². The highest BCUT2D eigenvalue weighted by atomic mass is 35.5. The van der Waals surface area contributed by atoms with Crippen LogP contribution in [-0.2, 0) is 4.79 Å². The number of amides is 1. The molecule has 0 saturated carbocycles. The Morgan fingerprint density at radius 3 is 2.36 bits per heavy atom. The molecule has 0 fully saturated rings. The molecule has 3 aromatic carbocycles. The van der Waals surface area contributed by atoms with Crippen LogP contribution in [-0.4, -0.2) is 5.91 Å². The number of benzene rings is 3. The highest BCUT2D eigenvalue weighted by molar-refractivity contribution is 6.33. The first-order valence-corrected chi connectivity index (χ1v) is 8.34. The van der Waals surface area contributed by atoms with E-state index in [1.165, 1.54) is 6.07 Å². The Bertz CT molecular complexity index is 895. The maximum absolute atomic E-state index is 14.5. The van der Waals surface area contributed by atoms with Crippen molar-refractivity contribution in [3.05, 3.63) is 89.2 Å². The molecule has 3 aromatic rings. The minimum absolute atomic E-state index is 0.236. The lowest BCUT2D eigenvalue weighted by atomic mass is 9.96. The van der Waals surface area contributed by atoms with E-state index in [1.54, 1.807) is 43.3 Å². The van der Waals surface area contributed by atoms with Gasteiger partial charge in [0.25, 0.3) is 0 Å². The second-order valence-electron chi connectivity index (χ2n) is 5.80. The summed E-state index contributed by atoms with van der Waals surface area (Å²) in [7, 11) is 0. The summed E-state index contributed by atoms with van der Waals surface area (Å²) in [5.74, 6) is -1.09. The smallest absolute Gasteiger partial charge is 0.231 e. The SMILES string of the molecule is CC(C(=O)Nc1ccccc1Cl)c1ccc(-c2ccccc2)c(F)c1. The fourth-order valence-corrected chi connectivity index (χ4v) is 2.79. The third-order valence-corrected chi connectivity index (χ3v) is 4.43. The van der Waals surface area contributed by atoms with Crippen molar-refractivity contribution in [2.45, 2.75) is 12.8 Å². The average Bonchev–Trinajstić information content (AvgIpc) is 2.63.